The van der Waals surface area contributed by atoms with Gasteiger partial charge in [-0.05, 0) is 48.2 Å². The van der Waals surface area contributed by atoms with Gasteiger partial charge in [-0.25, -0.2) is 4.79 Å². The number of imide groups is 1. The summed E-state index contributed by atoms with van der Waals surface area (Å²) in [7, 11) is 0. The Kier molecular flexibility index (Phi) is 4.65. The van der Waals surface area contributed by atoms with Crippen LogP contribution >= 0.6 is 0 Å². The highest BCUT2D eigenvalue weighted by Crippen LogP contribution is 2.41. The molecule has 1 aliphatic heterocycles. The molecular formula is C20H17F2N3O4. The van der Waals surface area contributed by atoms with E-state index in [-0.39, 0.29) is 5.75 Å². The minimum atomic E-state index is -2.94. The van der Waals surface area contributed by atoms with Crippen LogP contribution in [0.1, 0.15) is 17.5 Å². The van der Waals surface area contributed by atoms with Gasteiger partial charge in [0.2, 0.25) is 5.91 Å². The van der Waals surface area contributed by atoms with E-state index in [2.05, 4.69) is 15.4 Å². The molecule has 150 valence electrons. The Balaban J connectivity index is 1.44. The van der Waals surface area contributed by atoms with Gasteiger partial charge in [-0.15, -0.1) is 0 Å². The van der Waals surface area contributed by atoms with Crippen molar-refractivity contribution >= 4 is 23.5 Å². The van der Waals surface area contributed by atoms with Crippen LogP contribution in [0.5, 0.6) is 5.75 Å². The number of nitrogens with zero attached hydrogens (tertiary/aromatic N) is 1. The molecule has 0 radical (unpaired) electrons. The van der Waals surface area contributed by atoms with Crippen molar-refractivity contribution in [3.8, 4) is 5.75 Å². The second kappa shape index (κ2) is 7.16. The van der Waals surface area contributed by atoms with E-state index in [4.69, 9.17) is 0 Å². The second-order valence-electron chi connectivity index (χ2n) is 6.83. The fourth-order valence-electron chi connectivity index (χ4n) is 3.80. The topological polar surface area (TPSA) is 87.7 Å². The van der Waals surface area contributed by atoms with Gasteiger partial charge in [0, 0.05) is 5.69 Å². The number of hydrogen-bond acceptors (Lipinski definition) is 4. The van der Waals surface area contributed by atoms with Crippen LogP contribution in [-0.4, -0.2) is 35.9 Å². The molecular weight excluding hydrogens is 384 g/mol. The number of nitrogens with one attached hydrogen (secondary N) is 2. The maximum atomic E-state index is 13.0. The summed E-state index contributed by atoms with van der Waals surface area (Å²) in [6.45, 7) is -3.40. The second-order valence-corrected chi connectivity index (χ2v) is 6.83. The Morgan fingerprint density at radius 3 is 2.62 bits per heavy atom. The van der Waals surface area contributed by atoms with Gasteiger partial charge < -0.3 is 15.4 Å². The molecule has 0 bridgehead atoms. The Morgan fingerprint density at radius 2 is 1.90 bits per heavy atom. The number of carbonyl (C=O) groups is 3. The number of benzene rings is 2. The number of urea groups is 1. The van der Waals surface area contributed by atoms with Crippen LogP contribution in [0, 0.1) is 0 Å². The predicted molar refractivity (Wildman–Crippen MR) is 98.4 cm³/mol. The molecule has 2 N–H and O–H groups in total. The van der Waals surface area contributed by atoms with Crippen molar-refractivity contribution in [3.05, 3.63) is 59.7 Å². The van der Waals surface area contributed by atoms with Crippen molar-refractivity contribution in [3.63, 3.8) is 0 Å². The SMILES string of the molecule is O=C(CN1C(=O)N[C@]2(CCc3ccccc32)C1=O)Nc1ccc(OC(F)F)cc1. The average molecular weight is 401 g/mol. The maximum absolute atomic E-state index is 13.0. The van der Waals surface area contributed by atoms with Gasteiger partial charge in [0.15, 0.2) is 0 Å². The van der Waals surface area contributed by atoms with Gasteiger partial charge in [0.05, 0.1) is 0 Å². The first-order valence-electron chi connectivity index (χ1n) is 8.96. The number of halogens is 2. The summed E-state index contributed by atoms with van der Waals surface area (Å²) in [6, 6.07) is 12.1. The van der Waals surface area contributed by atoms with Gasteiger partial charge in [-0.1, -0.05) is 24.3 Å². The van der Waals surface area contributed by atoms with Crippen LogP contribution in [0.15, 0.2) is 48.5 Å². The van der Waals surface area contributed by atoms with Crippen molar-refractivity contribution in [2.75, 3.05) is 11.9 Å². The molecule has 4 amide bonds. The molecule has 2 aromatic rings. The summed E-state index contributed by atoms with van der Waals surface area (Å²) in [4.78, 5) is 38.7. The number of carbonyl (C=O) groups excluding carboxylic acids is 3. The Labute approximate surface area is 164 Å². The Morgan fingerprint density at radius 1 is 1.17 bits per heavy atom. The predicted octanol–water partition coefficient (Wildman–Crippen LogP) is 2.62. The lowest BCUT2D eigenvalue weighted by Gasteiger charge is -2.22. The van der Waals surface area contributed by atoms with Gasteiger partial charge in [0.25, 0.3) is 5.91 Å². The fraction of sp³-hybridized carbons (Fsp3) is 0.250. The highest BCUT2D eigenvalue weighted by atomic mass is 19.3. The van der Waals surface area contributed by atoms with Crippen molar-refractivity contribution in [1.29, 1.82) is 0 Å². The van der Waals surface area contributed by atoms with Crippen molar-refractivity contribution in [2.45, 2.75) is 25.0 Å². The summed E-state index contributed by atoms with van der Waals surface area (Å²) in [5.41, 5.74) is 0.960. The number of amides is 4. The minimum Gasteiger partial charge on any atom is -0.435 e. The summed E-state index contributed by atoms with van der Waals surface area (Å²) in [5, 5.41) is 5.28. The largest absolute Gasteiger partial charge is 0.435 e. The lowest BCUT2D eigenvalue weighted by molar-refractivity contribution is -0.134. The normalized spacial score (nSPS) is 20.2. The molecule has 0 unspecified atom stereocenters. The van der Waals surface area contributed by atoms with Gasteiger partial charge in [-0.3, -0.25) is 14.5 Å². The molecule has 1 aliphatic carbocycles. The molecule has 1 heterocycles. The molecule has 4 rings (SSSR count). The number of aryl methyl sites for hydroxylation is 1. The van der Waals surface area contributed by atoms with Crippen LogP contribution in [0.4, 0.5) is 19.3 Å². The molecule has 2 aromatic carbocycles. The van der Waals surface area contributed by atoms with Crippen molar-refractivity contribution in [2.24, 2.45) is 0 Å². The third-order valence-corrected chi connectivity index (χ3v) is 5.09. The van der Waals surface area contributed by atoms with E-state index in [1.807, 2.05) is 24.3 Å². The van der Waals surface area contributed by atoms with Crippen LogP contribution in [0.2, 0.25) is 0 Å². The van der Waals surface area contributed by atoms with E-state index in [0.717, 1.165) is 16.0 Å². The van der Waals surface area contributed by atoms with Gasteiger partial charge in [0.1, 0.15) is 17.8 Å². The lowest BCUT2D eigenvalue weighted by Crippen LogP contribution is -2.42. The molecule has 1 fully saturated rings. The first kappa shape index (κ1) is 18.9. The highest BCUT2D eigenvalue weighted by molar-refractivity contribution is 6.10. The standard InChI is InChI=1S/C20H17F2N3O4/c21-18(22)29-14-7-5-13(6-8-14)23-16(26)11-25-17(27)20(24-19(25)28)10-9-12-3-1-2-4-15(12)20/h1-8,18H,9-11H2,(H,23,26)(H,24,28)/t20-/m0/s1. The lowest BCUT2D eigenvalue weighted by atomic mass is 9.92. The molecule has 1 saturated heterocycles. The Bertz CT molecular complexity index is 980. The van der Waals surface area contributed by atoms with Gasteiger partial charge >= 0.3 is 12.6 Å². The van der Waals surface area contributed by atoms with Gasteiger partial charge in [-0.2, -0.15) is 8.78 Å². The fourth-order valence-corrected chi connectivity index (χ4v) is 3.80. The quantitative estimate of drug-likeness (QED) is 0.754. The van der Waals surface area contributed by atoms with Crippen LogP contribution in [0.3, 0.4) is 0 Å². The summed E-state index contributed by atoms with van der Waals surface area (Å²) in [6.07, 6.45) is 1.11. The zero-order valence-electron chi connectivity index (χ0n) is 15.2. The molecule has 29 heavy (non-hydrogen) atoms. The third kappa shape index (κ3) is 3.39. The van der Waals surface area contributed by atoms with E-state index >= 15 is 0 Å². The smallest absolute Gasteiger partial charge is 0.387 e. The molecule has 2 aliphatic rings. The molecule has 9 heteroatoms. The number of ether oxygens (including phenoxy) is 1. The number of alkyl halides is 2. The number of rotatable bonds is 5. The molecule has 1 spiro atoms. The zero-order valence-corrected chi connectivity index (χ0v) is 15.2. The highest BCUT2D eigenvalue weighted by Gasteiger charge is 2.55. The monoisotopic (exact) mass is 401 g/mol. The summed E-state index contributed by atoms with van der Waals surface area (Å²) < 4.78 is 28.6. The molecule has 1 atom stereocenters. The Hall–Kier alpha value is -3.49. The third-order valence-electron chi connectivity index (χ3n) is 5.09. The zero-order chi connectivity index (χ0) is 20.6. The average Bonchev–Trinajstić information content (AvgIpc) is 3.17. The van der Waals surface area contributed by atoms with Crippen LogP contribution in [0.25, 0.3) is 0 Å². The summed E-state index contributed by atoms with van der Waals surface area (Å²) >= 11 is 0. The van der Waals surface area contributed by atoms with Crippen LogP contribution in [-0.2, 0) is 21.5 Å². The minimum absolute atomic E-state index is 0.0473. The molecule has 0 saturated carbocycles. The molecule has 7 nitrogen and oxygen atoms in total. The first-order valence-corrected chi connectivity index (χ1v) is 8.96. The van der Waals surface area contributed by atoms with E-state index in [0.29, 0.717) is 18.5 Å². The number of fused-ring (bicyclic) bond motifs is 2. The summed E-state index contributed by atoms with van der Waals surface area (Å²) in [5.74, 6) is -1.09. The first-order chi connectivity index (χ1) is 13.9. The number of hydrogen-bond donors (Lipinski definition) is 2. The number of anilines is 1. The van der Waals surface area contributed by atoms with Crippen molar-refractivity contribution < 1.29 is 27.9 Å². The molecule has 0 aromatic heterocycles. The van der Waals surface area contributed by atoms with E-state index < -0.39 is 36.5 Å². The van der Waals surface area contributed by atoms with Crippen molar-refractivity contribution in [1.82, 2.24) is 10.2 Å². The van der Waals surface area contributed by atoms with Crippen LogP contribution < -0.4 is 15.4 Å². The van der Waals surface area contributed by atoms with E-state index in [9.17, 15) is 23.2 Å². The van der Waals surface area contributed by atoms with E-state index in [1.54, 1.807) is 0 Å². The van der Waals surface area contributed by atoms with E-state index in [1.165, 1.54) is 24.3 Å². The maximum Gasteiger partial charge on any atom is 0.387 e.